The number of carbonyl (C=O) groups excluding carboxylic acids is 1. The molecular weight excluding hydrogens is 346 g/mol. The minimum atomic E-state index is -1.06. The molecule has 0 unspecified atom stereocenters. The Labute approximate surface area is 127 Å². The van der Waals surface area contributed by atoms with Gasteiger partial charge in [-0.1, -0.05) is 0 Å². The van der Waals surface area contributed by atoms with Gasteiger partial charge in [0, 0.05) is 6.08 Å². The van der Waals surface area contributed by atoms with E-state index in [-0.39, 0.29) is 4.88 Å². The van der Waals surface area contributed by atoms with Crippen LogP contribution < -0.4 is 5.32 Å². The first-order valence-electron chi connectivity index (χ1n) is 5.53. The molecule has 104 valence electrons. The van der Waals surface area contributed by atoms with Crippen LogP contribution in [0.4, 0.5) is 5.69 Å². The summed E-state index contributed by atoms with van der Waals surface area (Å²) < 4.78 is 5.78. The minimum Gasteiger partial charge on any atom is -0.477 e. The molecule has 0 bridgehead atoms. The van der Waals surface area contributed by atoms with Crippen LogP contribution in [-0.2, 0) is 4.79 Å². The summed E-state index contributed by atoms with van der Waals surface area (Å²) in [5.41, 5.74) is 1.05. The fourth-order valence-corrected chi connectivity index (χ4v) is 2.66. The van der Waals surface area contributed by atoms with E-state index in [0.29, 0.717) is 16.1 Å². The second-order valence-corrected chi connectivity index (χ2v) is 5.55. The van der Waals surface area contributed by atoms with Crippen LogP contribution in [0, 0.1) is 6.92 Å². The number of anilines is 1. The molecule has 20 heavy (non-hydrogen) atoms. The average molecular weight is 356 g/mol. The lowest BCUT2D eigenvalue weighted by atomic mass is 10.2. The van der Waals surface area contributed by atoms with Gasteiger partial charge < -0.3 is 14.8 Å². The summed E-state index contributed by atoms with van der Waals surface area (Å²) >= 11 is 4.24. The first-order chi connectivity index (χ1) is 9.47. The van der Waals surface area contributed by atoms with Gasteiger partial charge in [-0.25, -0.2) is 4.79 Å². The van der Waals surface area contributed by atoms with Crippen molar-refractivity contribution in [1.29, 1.82) is 0 Å². The molecule has 2 aromatic heterocycles. The predicted molar refractivity (Wildman–Crippen MR) is 80.1 cm³/mol. The number of carboxylic acid groups (broad SMARTS) is 1. The number of carboxylic acids is 1. The van der Waals surface area contributed by atoms with Crippen molar-refractivity contribution >= 4 is 50.9 Å². The molecule has 2 rings (SSSR count). The van der Waals surface area contributed by atoms with Gasteiger partial charge in [0.05, 0.1) is 5.69 Å². The molecule has 1 amide bonds. The molecule has 0 aliphatic heterocycles. The highest BCUT2D eigenvalue weighted by molar-refractivity contribution is 9.10. The van der Waals surface area contributed by atoms with Gasteiger partial charge in [0.2, 0.25) is 5.91 Å². The Morgan fingerprint density at radius 2 is 2.20 bits per heavy atom. The lowest BCUT2D eigenvalue weighted by Crippen LogP contribution is -2.11. The maximum Gasteiger partial charge on any atom is 0.348 e. The number of nitrogens with one attached hydrogen (secondary N) is 1. The van der Waals surface area contributed by atoms with E-state index in [0.717, 1.165) is 16.9 Å². The summed E-state index contributed by atoms with van der Waals surface area (Å²) in [6.45, 7) is 1.74. The Morgan fingerprint density at radius 3 is 2.80 bits per heavy atom. The van der Waals surface area contributed by atoms with Gasteiger partial charge in [-0.05, 0) is 52.0 Å². The van der Waals surface area contributed by atoms with Crippen LogP contribution in [0.3, 0.4) is 0 Å². The zero-order chi connectivity index (χ0) is 14.7. The second-order valence-electron chi connectivity index (χ2n) is 3.89. The number of thiophene rings is 1. The average Bonchev–Trinajstić information content (AvgIpc) is 2.94. The molecule has 2 aromatic rings. The fraction of sp³-hybridized carbons (Fsp3) is 0.0769. The Balaban J connectivity index is 2.10. The largest absolute Gasteiger partial charge is 0.477 e. The van der Waals surface area contributed by atoms with Crippen molar-refractivity contribution in [2.75, 3.05) is 5.32 Å². The number of aromatic carboxylic acids is 1. The fourth-order valence-electron chi connectivity index (χ4n) is 1.50. The Hall–Kier alpha value is -1.86. The van der Waals surface area contributed by atoms with Crippen molar-refractivity contribution in [2.24, 2.45) is 0 Å². The van der Waals surface area contributed by atoms with Crippen molar-refractivity contribution in [3.8, 4) is 0 Å². The molecule has 5 nitrogen and oxygen atoms in total. The topological polar surface area (TPSA) is 79.5 Å². The Bertz CT molecular complexity index is 686. The van der Waals surface area contributed by atoms with E-state index in [1.54, 1.807) is 24.4 Å². The number of amides is 1. The van der Waals surface area contributed by atoms with Crippen molar-refractivity contribution in [3.05, 3.63) is 44.5 Å². The Morgan fingerprint density at radius 1 is 1.45 bits per heavy atom. The third-order valence-corrected chi connectivity index (χ3v) is 3.92. The van der Waals surface area contributed by atoms with Gasteiger partial charge in [0.25, 0.3) is 0 Å². The van der Waals surface area contributed by atoms with Gasteiger partial charge in [0.1, 0.15) is 10.6 Å². The number of carbonyl (C=O) groups is 2. The van der Waals surface area contributed by atoms with Crippen LogP contribution in [-0.4, -0.2) is 17.0 Å². The van der Waals surface area contributed by atoms with Gasteiger partial charge in [-0.2, -0.15) is 0 Å². The lowest BCUT2D eigenvalue weighted by molar-refractivity contribution is -0.111. The standard InChI is InChI=1S/C13H10BrNO4S/c1-7-6-20-12(13(17)18)11(7)15-10(16)5-3-8-2-4-9(14)19-8/h2-6H,1H3,(H,15,16)(H,17,18)/b5-3+. The van der Waals surface area contributed by atoms with Crippen LogP contribution in [0.2, 0.25) is 0 Å². The van der Waals surface area contributed by atoms with Crippen molar-refractivity contribution in [2.45, 2.75) is 6.92 Å². The minimum absolute atomic E-state index is 0.116. The summed E-state index contributed by atoms with van der Waals surface area (Å²) in [4.78, 5) is 22.9. The van der Waals surface area contributed by atoms with E-state index < -0.39 is 11.9 Å². The summed E-state index contributed by atoms with van der Waals surface area (Å²) in [7, 11) is 0. The molecule has 0 radical (unpaired) electrons. The van der Waals surface area contributed by atoms with Crippen LogP contribution in [0.25, 0.3) is 6.08 Å². The third kappa shape index (κ3) is 3.37. The number of hydrogen-bond acceptors (Lipinski definition) is 4. The highest BCUT2D eigenvalue weighted by Crippen LogP contribution is 2.27. The summed E-state index contributed by atoms with van der Waals surface area (Å²) in [6.07, 6.45) is 2.79. The summed E-state index contributed by atoms with van der Waals surface area (Å²) in [5, 5.41) is 13.3. The first kappa shape index (κ1) is 14.5. The van der Waals surface area contributed by atoms with Crippen molar-refractivity contribution in [3.63, 3.8) is 0 Å². The molecule has 0 atom stereocenters. The zero-order valence-electron chi connectivity index (χ0n) is 10.3. The molecule has 0 saturated heterocycles. The molecule has 0 aliphatic rings. The monoisotopic (exact) mass is 355 g/mol. The highest BCUT2D eigenvalue weighted by atomic mass is 79.9. The molecular formula is C13H10BrNO4S. The molecule has 0 spiro atoms. The summed E-state index contributed by atoms with van der Waals surface area (Å²) in [5.74, 6) is -0.952. The van der Waals surface area contributed by atoms with E-state index >= 15 is 0 Å². The van der Waals surface area contributed by atoms with Crippen LogP contribution in [0.5, 0.6) is 0 Å². The van der Waals surface area contributed by atoms with Crippen LogP contribution in [0.15, 0.2) is 32.7 Å². The van der Waals surface area contributed by atoms with Gasteiger partial charge in [-0.15, -0.1) is 11.3 Å². The zero-order valence-corrected chi connectivity index (χ0v) is 12.7. The van der Waals surface area contributed by atoms with E-state index in [2.05, 4.69) is 21.2 Å². The Kier molecular flexibility index (Phi) is 4.41. The SMILES string of the molecule is Cc1csc(C(=O)O)c1NC(=O)/C=C/c1ccc(Br)o1. The number of hydrogen-bond donors (Lipinski definition) is 2. The third-order valence-electron chi connectivity index (χ3n) is 2.41. The summed E-state index contributed by atoms with van der Waals surface area (Å²) in [6, 6.07) is 3.41. The molecule has 0 aromatic carbocycles. The molecule has 0 aliphatic carbocycles. The van der Waals surface area contributed by atoms with E-state index in [4.69, 9.17) is 9.52 Å². The quantitative estimate of drug-likeness (QED) is 0.818. The molecule has 0 fully saturated rings. The second kappa shape index (κ2) is 6.06. The smallest absolute Gasteiger partial charge is 0.348 e. The predicted octanol–water partition coefficient (Wildman–Crippen LogP) is 3.76. The normalized spacial score (nSPS) is 10.9. The number of aryl methyl sites for hydroxylation is 1. The number of furan rings is 1. The van der Waals surface area contributed by atoms with Gasteiger partial charge >= 0.3 is 5.97 Å². The lowest BCUT2D eigenvalue weighted by Gasteiger charge is -2.02. The van der Waals surface area contributed by atoms with E-state index in [1.807, 2.05) is 0 Å². The molecule has 7 heteroatoms. The highest BCUT2D eigenvalue weighted by Gasteiger charge is 2.16. The first-order valence-corrected chi connectivity index (χ1v) is 7.20. The molecule has 2 heterocycles. The van der Waals surface area contributed by atoms with Crippen molar-refractivity contribution < 1.29 is 19.1 Å². The number of rotatable bonds is 4. The van der Waals surface area contributed by atoms with Crippen LogP contribution >= 0.6 is 27.3 Å². The number of halogens is 1. The molecule has 2 N–H and O–H groups in total. The van der Waals surface area contributed by atoms with Gasteiger partial charge in [-0.3, -0.25) is 4.79 Å². The maximum absolute atomic E-state index is 11.8. The maximum atomic E-state index is 11.8. The van der Waals surface area contributed by atoms with E-state index in [1.165, 1.54) is 12.2 Å². The molecule has 0 saturated carbocycles. The van der Waals surface area contributed by atoms with E-state index in [9.17, 15) is 9.59 Å². The van der Waals surface area contributed by atoms with Crippen LogP contribution in [0.1, 0.15) is 21.0 Å². The van der Waals surface area contributed by atoms with Gasteiger partial charge in [0.15, 0.2) is 4.67 Å². The van der Waals surface area contributed by atoms with Crippen molar-refractivity contribution in [1.82, 2.24) is 0 Å².